The highest BCUT2D eigenvalue weighted by atomic mass is 14.2. The van der Waals surface area contributed by atoms with Crippen molar-refractivity contribution in [1.29, 1.82) is 0 Å². The molecule has 0 saturated heterocycles. The Morgan fingerprint density at radius 3 is 1.29 bits per heavy atom. The summed E-state index contributed by atoms with van der Waals surface area (Å²) in [4.78, 5) is 0. The molecule has 172 valence electrons. The van der Waals surface area contributed by atoms with Crippen LogP contribution in [-0.4, -0.2) is 0 Å². The van der Waals surface area contributed by atoms with Crippen LogP contribution in [0.4, 0.5) is 0 Å². The lowest BCUT2D eigenvalue weighted by atomic mass is 9.82. The Hall–Kier alpha value is -4.94. The molecule has 0 aliphatic heterocycles. The average molecular weight is 477 g/mol. The zero-order valence-corrected chi connectivity index (χ0v) is 20.5. The van der Waals surface area contributed by atoms with Crippen LogP contribution in [0.2, 0.25) is 0 Å². The third-order valence-corrected chi connectivity index (χ3v) is 9.04. The van der Waals surface area contributed by atoms with E-state index in [1.807, 2.05) is 0 Å². The Kier molecular flexibility index (Phi) is 3.28. The predicted molar refractivity (Wildman–Crippen MR) is 166 cm³/mol. The second kappa shape index (κ2) is 6.49. The van der Waals surface area contributed by atoms with E-state index in [9.17, 15) is 0 Å². The minimum absolute atomic E-state index is 1.29. The highest BCUT2D eigenvalue weighted by Crippen LogP contribution is 2.49. The van der Waals surface area contributed by atoms with Gasteiger partial charge in [-0.25, -0.2) is 0 Å². The molecule has 0 saturated carbocycles. The van der Waals surface area contributed by atoms with Crippen molar-refractivity contribution in [2.45, 2.75) is 0 Å². The molecule has 0 heterocycles. The molecule has 0 radical (unpaired) electrons. The minimum atomic E-state index is 1.29. The SMILES string of the molecule is c1ccc2cc3c(cc2c1)cc1c2c3ccc3cccc(c32)c2c3cccc4ccc5cccc(c5c43)c12. The summed E-state index contributed by atoms with van der Waals surface area (Å²) in [6, 6.07) is 45.7. The molecule has 10 aromatic carbocycles. The quantitative estimate of drug-likeness (QED) is 0.151. The first-order valence-corrected chi connectivity index (χ1v) is 13.4. The molecule has 0 aromatic heterocycles. The summed E-state index contributed by atoms with van der Waals surface area (Å²) in [7, 11) is 0. The van der Waals surface area contributed by atoms with Crippen LogP contribution in [0.25, 0.3) is 97.0 Å². The van der Waals surface area contributed by atoms with Crippen LogP contribution in [0.3, 0.4) is 0 Å². The summed E-state index contributed by atoms with van der Waals surface area (Å²) in [6.07, 6.45) is 0. The molecular weight excluding hydrogens is 456 g/mol. The summed E-state index contributed by atoms with van der Waals surface area (Å²) >= 11 is 0. The molecule has 0 N–H and O–H groups in total. The van der Waals surface area contributed by atoms with Crippen LogP contribution in [0.15, 0.2) is 121 Å². The van der Waals surface area contributed by atoms with E-state index in [2.05, 4.69) is 121 Å². The van der Waals surface area contributed by atoms with Gasteiger partial charge in [-0.05, 0) is 115 Å². The highest BCUT2D eigenvalue weighted by Gasteiger charge is 2.21. The maximum atomic E-state index is 2.47. The molecule has 0 heteroatoms. The number of hydrogen-bond donors (Lipinski definition) is 0. The summed E-state index contributed by atoms with van der Waals surface area (Å²) in [5.41, 5.74) is 0. The van der Waals surface area contributed by atoms with E-state index in [4.69, 9.17) is 0 Å². The molecule has 0 spiro atoms. The molecule has 0 nitrogen and oxygen atoms in total. The molecule has 38 heavy (non-hydrogen) atoms. The summed E-state index contributed by atoms with van der Waals surface area (Å²) in [5, 5.41) is 24.3. The van der Waals surface area contributed by atoms with Crippen LogP contribution >= 0.6 is 0 Å². The summed E-state index contributed by atoms with van der Waals surface area (Å²) in [6.45, 7) is 0. The first-order chi connectivity index (χ1) is 18.8. The topological polar surface area (TPSA) is 0 Å². The third kappa shape index (κ3) is 2.16. The van der Waals surface area contributed by atoms with Gasteiger partial charge in [0, 0.05) is 0 Å². The maximum Gasteiger partial charge on any atom is -0.00132 e. The van der Waals surface area contributed by atoms with Crippen molar-refractivity contribution in [3.05, 3.63) is 121 Å². The molecular formula is C38H20. The fraction of sp³-hybridized carbons (Fsp3) is 0. The van der Waals surface area contributed by atoms with Gasteiger partial charge in [0.25, 0.3) is 0 Å². The van der Waals surface area contributed by atoms with Crippen LogP contribution in [0.1, 0.15) is 0 Å². The Labute approximate surface area is 218 Å². The molecule has 0 amide bonds. The molecule has 0 aliphatic carbocycles. The zero-order chi connectivity index (χ0) is 24.5. The fourth-order valence-electron chi connectivity index (χ4n) is 7.53. The Morgan fingerprint density at radius 1 is 0.211 bits per heavy atom. The molecule has 0 fully saturated rings. The zero-order valence-electron chi connectivity index (χ0n) is 20.5. The van der Waals surface area contributed by atoms with Crippen LogP contribution in [0.5, 0.6) is 0 Å². The molecule has 0 bridgehead atoms. The fourth-order valence-corrected chi connectivity index (χ4v) is 7.53. The molecule has 10 aromatic rings. The smallest absolute Gasteiger partial charge is 0.00132 e. The van der Waals surface area contributed by atoms with Crippen molar-refractivity contribution in [2.24, 2.45) is 0 Å². The Balaban J connectivity index is 1.63. The third-order valence-electron chi connectivity index (χ3n) is 9.04. The van der Waals surface area contributed by atoms with Gasteiger partial charge >= 0.3 is 0 Å². The van der Waals surface area contributed by atoms with Crippen molar-refractivity contribution >= 4 is 97.0 Å². The van der Waals surface area contributed by atoms with Gasteiger partial charge in [0.2, 0.25) is 0 Å². The standard InChI is InChI=1S/C38H20/c1-2-7-25-19-31-26(18-24(25)6-1)20-32-36-27(31)17-16-23-10-5-13-30(35(23)36)37-28-11-3-8-21-14-15-22-9-4-12-29(38(32)37)34(22)33(21)28/h1-20H. The van der Waals surface area contributed by atoms with Crippen molar-refractivity contribution < 1.29 is 0 Å². The van der Waals surface area contributed by atoms with Crippen molar-refractivity contribution in [3.8, 4) is 0 Å². The molecule has 0 aliphatic rings. The number of benzene rings is 10. The van der Waals surface area contributed by atoms with Crippen molar-refractivity contribution in [3.63, 3.8) is 0 Å². The van der Waals surface area contributed by atoms with Crippen LogP contribution in [-0.2, 0) is 0 Å². The van der Waals surface area contributed by atoms with E-state index in [1.165, 1.54) is 97.0 Å². The molecule has 10 rings (SSSR count). The maximum absolute atomic E-state index is 2.47. The lowest BCUT2D eigenvalue weighted by Gasteiger charge is -2.21. The van der Waals surface area contributed by atoms with Gasteiger partial charge < -0.3 is 0 Å². The van der Waals surface area contributed by atoms with Gasteiger partial charge in [-0.15, -0.1) is 0 Å². The van der Waals surface area contributed by atoms with E-state index in [1.54, 1.807) is 0 Å². The van der Waals surface area contributed by atoms with Gasteiger partial charge in [0.1, 0.15) is 0 Å². The Bertz CT molecular complexity index is 2600. The summed E-state index contributed by atoms with van der Waals surface area (Å²) in [5.74, 6) is 0. The molecule has 0 atom stereocenters. The first-order valence-electron chi connectivity index (χ1n) is 13.4. The van der Waals surface area contributed by atoms with Gasteiger partial charge in [-0.3, -0.25) is 0 Å². The lowest BCUT2D eigenvalue weighted by molar-refractivity contribution is 1.79. The monoisotopic (exact) mass is 476 g/mol. The van der Waals surface area contributed by atoms with Gasteiger partial charge in [0.05, 0.1) is 0 Å². The Morgan fingerprint density at radius 2 is 0.658 bits per heavy atom. The number of rotatable bonds is 0. The predicted octanol–water partition coefficient (Wildman–Crippen LogP) is 10.9. The van der Waals surface area contributed by atoms with E-state index in [0.29, 0.717) is 0 Å². The highest BCUT2D eigenvalue weighted by molar-refractivity contribution is 6.47. The van der Waals surface area contributed by atoms with E-state index < -0.39 is 0 Å². The van der Waals surface area contributed by atoms with Crippen LogP contribution < -0.4 is 0 Å². The van der Waals surface area contributed by atoms with E-state index in [-0.39, 0.29) is 0 Å². The van der Waals surface area contributed by atoms with Gasteiger partial charge in [-0.1, -0.05) is 103 Å². The summed E-state index contributed by atoms with van der Waals surface area (Å²) < 4.78 is 0. The molecule has 0 unspecified atom stereocenters. The van der Waals surface area contributed by atoms with Gasteiger partial charge in [-0.2, -0.15) is 0 Å². The van der Waals surface area contributed by atoms with Crippen molar-refractivity contribution in [2.75, 3.05) is 0 Å². The normalized spacial score (nSPS) is 12.7. The van der Waals surface area contributed by atoms with E-state index in [0.717, 1.165) is 0 Å². The average Bonchev–Trinajstić information content (AvgIpc) is 2.97. The first kappa shape index (κ1) is 19.2. The van der Waals surface area contributed by atoms with Gasteiger partial charge in [0.15, 0.2) is 0 Å². The lowest BCUT2D eigenvalue weighted by Crippen LogP contribution is -1.92. The van der Waals surface area contributed by atoms with Crippen LogP contribution in [0, 0.1) is 0 Å². The largest absolute Gasteiger partial charge is 0.0616 e. The minimum Gasteiger partial charge on any atom is -0.0616 e. The second-order valence-corrected chi connectivity index (χ2v) is 10.9. The second-order valence-electron chi connectivity index (χ2n) is 10.9. The van der Waals surface area contributed by atoms with E-state index >= 15 is 0 Å². The number of fused-ring (bicyclic) bond motifs is 8. The van der Waals surface area contributed by atoms with Crippen molar-refractivity contribution in [1.82, 2.24) is 0 Å². The number of hydrogen-bond acceptors (Lipinski definition) is 0.